The number of rotatable bonds is 3. The van der Waals surface area contributed by atoms with Crippen LogP contribution < -0.4 is 9.84 Å². The Morgan fingerprint density at radius 1 is 1.50 bits per heavy atom. The van der Waals surface area contributed by atoms with Gasteiger partial charge >= 0.3 is 0 Å². The van der Waals surface area contributed by atoms with Crippen LogP contribution in [0.25, 0.3) is 0 Å². The summed E-state index contributed by atoms with van der Waals surface area (Å²) in [4.78, 5) is 9.93. The van der Waals surface area contributed by atoms with Crippen LogP contribution >= 0.6 is 0 Å². The second kappa shape index (κ2) is 3.71. The third-order valence-corrected chi connectivity index (χ3v) is 1.18. The van der Waals surface area contributed by atoms with Gasteiger partial charge in [-0.15, -0.1) is 0 Å². The van der Waals surface area contributed by atoms with Gasteiger partial charge in [0.2, 0.25) is 0 Å². The molecule has 0 aromatic heterocycles. The molecule has 1 aromatic rings. The quantitative estimate of drug-likeness (QED) is 0.637. The normalized spacial score (nSPS) is 9.42. The maximum absolute atomic E-state index is 12.7. The number of carboxylic acids is 1. The van der Waals surface area contributed by atoms with E-state index in [1.807, 2.05) is 0 Å². The average molecular weight is 169 g/mol. The first-order valence-electron chi connectivity index (χ1n) is 3.27. The van der Waals surface area contributed by atoms with Crippen molar-refractivity contribution >= 4 is 5.97 Å². The Morgan fingerprint density at radius 3 is 2.75 bits per heavy atom. The fourth-order valence-corrected chi connectivity index (χ4v) is 0.698. The van der Waals surface area contributed by atoms with Crippen molar-refractivity contribution < 1.29 is 19.0 Å². The van der Waals surface area contributed by atoms with E-state index in [9.17, 15) is 14.3 Å². The van der Waals surface area contributed by atoms with E-state index >= 15 is 0 Å². The molecule has 0 heterocycles. The van der Waals surface area contributed by atoms with Gasteiger partial charge < -0.3 is 14.6 Å². The zero-order valence-corrected chi connectivity index (χ0v) is 6.12. The Hall–Kier alpha value is -1.58. The number of benzene rings is 1. The molecule has 64 valence electrons. The minimum Gasteiger partial charge on any atom is -0.546 e. The Kier molecular flexibility index (Phi) is 2.63. The molecule has 0 fully saturated rings. The molecule has 0 unspecified atom stereocenters. The van der Waals surface area contributed by atoms with Gasteiger partial charge in [0.05, 0.1) is 5.97 Å². The van der Waals surface area contributed by atoms with E-state index in [1.54, 1.807) is 6.07 Å². The summed E-state index contributed by atoms with van der Waals surface area (Å²) in [6.07, 6.45) is 0. The van der Waals surface area contributed by atoms with Crippen molar-refractivity contribution in [2.45, 2.75) is 0 Å². The number of hydrogen-bond donors (Lipinski definition) is 0. The summed E-state index contributed by atoms with van der Waals surface area (Å²) in [7, 11) is 0. The van der Waals surface area contributed by atoms with Gasteiger partial charge in [0.15, 0.2) is 11.6 Å². The Balaban J connectivity index is 2.63. The van der Waals surface area contributed by atoms with Crippen LogP contribution in [0.4, 0.5) is 4.39 Å². The Bertz CT molecular complexity index is 285. The summed E-state index contributed by atoms with van der Waals surface area (Å²) < 4.78 is 17.3. The van der Waals surface area contributed by atoms with Crippen LogP contribution in [0.5, 0.6) is 5.75 Å². The van der Waals surface area contributed by atoms with E-state index in [-0.39, 0.29) is 5.75 Å². The second-order valence-corrected chi connectivity index (χ2v) is 2.09. The molecular formula is C8H6FO3-. The van der Waals surface area contributed by atoms with E-state index in [2.05, 4.69) is 4.74 Å². The summed E-state index contributed by atoms with van der Waals surface area (Å²) in [5.74, 6) is -2.04. The molecule has 4 heteroatoms. The third kappa shape index (κ3) is 2.23. The van der Waals surface area contributed by atoms with E-state index in [0.717, 1.165) is 0 Å². The molecule has 0 atom stereocenters. The summed E-state index contributed by atoms with van der Waals surface area (Å²) in [5.41, 5.74) is 0. The lowest BCUT2D eigenvalue weighted by molar-refractivity contribution is -0.307. The molecule has 3 nitrogen and oxygen atoms in total. The van der Waals surface area contributed by atoms with Crippen molar-refractivity contribution in [3.05, 3.63) is 30.1 Å². The lowest BCUT2D eigenvalue weighted by atomic mass is 10.3. The maximum Gasteiger partial charge on any atom is 0.165 e. The highest BCUT2D eigenvalue weighted by atomic mass is 19.1. The van der Waals surface area contributed by atoms with Crippen LogP contribution in [0.2, 0.25) is 0 Å². The fraction of sp³-hybridized carbons (Fsp3) is 0.125. The number of hydrogen-bond acceptors (Lipinski definition) is 3. The van der Waals surface area contributed by atoms with Crippen molar-refractivity contribution in [2.24, 2.45) is 0 Å². The highest BCUT2D eigenvalue weighted by Crippen LogP contribution is 2.14. The van der Waals surface area contributed by atoms with Crippen LogP contribution in [-0.4, -0.2) is 12.6 Å². The lowest BCUT2D eigenvalue weighted by Gasteiger charge is -2.06. The van der Waals surface area contributed by atoms with Crippen molar-refractivity contribution in [1.29, 1.82) is 0 Å². The smallest absolute Gasteiger partial charge is 0.165 e. The molecule has 0 saturated heterocycles. The van der Waals surface area contributed by atoms with Crippen molar-refractivity contribution in [1.82, 2.24) is 0 Å². The van der Waals surface area contributed by atoms with E-state index in [0.29, 0.717) is 0 Å². The molecule has 0 spiro atoms. The number of ether oxygens (including phenoxy) is 1. The molecule has 12 heavy (non-hydrogen) atoms. The first kappa shape index (κ1) is 8.52. The molecular weight excluding hydrogens is 163 g/mol. The van der Waals surface area contributed by atoms with Gasteiger partial charge in [-0.2, -0.15) is 0 Å². The standard InChI is InChI=1S/C8H7FO3/c9-6-3-1-2-4-7(6)12-5-8(10)11/h1-4H,5H2,(H,10,11)/p-1. The van der Waals surface area contributed by atoms with E-state index < -0.39 is 18.4 Å². The molecule has 1 rings (SSSR count). The monoisotopic (exact) mass is 169 g/mol. The predicted molar refractivity (Wildman–Crippen MR) is 36.9 cm³/mol. The molecule has 0 bridgehead atoms. The molecule has 1 aromatic carbocycles. The van der Waals surface area contributed by atoms with E-state index in [1.165, 1.54) is 18.2 Å². The molecule has 0 radical (unpaired) electrons. The number of carbonyl (C=O) groups excluding carboxylic acids is 1. The molecule has 0 aliphatic rings. The first-order valence-corrected chi connectivity index (χ1v) is 3.27. The van der Waals surface area contributed by atoms with Crippen molar-refractivity contribution in [2.75, 3.05) is 6.61 Å². The minimum absolute atomic E-state index is 0.0818. The van der Waals surface area contributed by atoms with Gasteiger partial charge in [0, 0.05) is 0 Å². The number of para-hydroxylation sites is 1. The second-order valence-electron chi connectivity index (χ2n) is 2.09. The van der Waals surface area contributed by atoms with Crippen LogP contribution in [0.3, 0.4) is 0 Å². The largest absolute Gasteiger partial charge is 0.546 e. The van der Waals surface area contributed by atoms with Gasteiger partial charge in [0.25, 0.3) is 0 Å². The van der Waals surface area contributed by atoms with Crippen LogP contribution in [-0.2, 0) is 4.79 Å². The van der Waals surface area contributed by atoms with Crippen LogP contribution in [0.1, 0.15) is 0 Å². The maximum atomic E-state index is 12.7. The van der Waals surface area contributed by atoms with Crippen LogP contribution in [0, 0.1) is 5.82 Å². The molecule has 0 aliphatic carbocycles. The zero-order chi connectivity index (χ0) is 8.97. The van der Waals surface area contributed by atoms with Gasteiger partial charge in [-0.1, -0.05) is 12.1 Å². The summed E-state index contributed by atoms with van der Waals surface area (Å²) in [5, 5.41) is 9.93. The van der Waals surface area contributed by atoms with Crippen molar-refractivity contribution in [3.63, 3.8) is 0 Å². The highest BCUT2D eigenvalue weighted by Gasteiger charge is 1.99. The predicted octanol–water partition coefficient (Wildman–Crippen LogP) is -0.0456. The number of carboxylic acid groups (broad SMARTS) is 1. The highest BCUT2D eigenvalue weighted by molar-refractivity contribution is 5.66. The van der Waals surface area contributed by atoms with Crippen LogP contribution in [0.15, 0.2) is 24.3 Å². The summed E-state index contributed by atoms with van der Waals surface area (Å²) in [6, 6.07) is 5.57. The zero-order valence-electron chi connectivity index (χ0n) is 6.12. The number of halogens is 1. The average Bonchev–Trinajstić information content (AvgIpc) is 2.03. The minimum atomic E-state index is -1.38. The third-order valence-electron chi connectivity index (χ3n) is 1.18. The SMILES string of the molecule is O=C([O-])COc1ccccc1F. The van der Waals surface area contributed by atoms with E-state index in [4.69, 9.17) is 0 Å². The lowest BCUT2D eigenvalue weighted by Crippen LogP contribution is -2.29. The number of aliphatic carboxylic acids is 1. The summed E-state index contributed by atoms with van der Waals surface area (Å²) >= 11 is 0. The number of carbonyl (C=O) groups is 1. The Morgan fingerprint density at radius 2 is 2.17 bits per heavy atom. The first-order chi connectivity index (χ1) is 5.70. The Labute approximate surface area is 68.4 Å². The molecule has 0 N–H and O–H groups in total. The van der Waals surface area contributed by atoms with Gasteiger partial charge in [-0.3, -0.25) is 0 Å². The molecule has 0 saturated carbocycles. The summed E-state index contributed by atoms with van der Waals surface area (Å²) in [6.45, 7) is -0.638. The molecule has 0 aliphatic heterocycles. The topological polar surface area (TPSA) is 49.4 Å². The fourth-order valence-electron chi connectivity index (χ4n) is 0.698. The van der Waals surface area contributed by atoms with Gasteiger partial charge in [0.1, 0.15) is 6.61 Å². The van der Waals surface area contributed by atoms with Crippen molar-refractivity contribution in [3.8, 4) is 5.75 Å². The molecule has 0 amide bonds. The van der Waals surface area contributed by atoms with Gasteiger partial charge in [-0.05, 0) is 12.1 Å². The van der Waals surface area contributed by atoms with Gasteiger partial charge in [-0.25, -0.2) is 4.39 Å².